The van der Waals surface area contributed by atoms with Gasteiger partial charge < -0.3 is 9.80 Å². The fourth-order valence-corrected chi connectivity index (χ4v) is 1.42. The molecule has 0 bridgehead atoms. The summed E-state index contributed by atoms with van der Waals surface area (Å²) in [6.07, 6.45) is 1.76. The zero-order valence-electron chi connectivity index (χ0n) is 8.24. The Kier molecular flexibility index (Phi) is 3.08. The van der Waals surface area contributed by atoms with E-state index in [4.69, 9.17) is 0 Å². The Morgan fingerprint density at radius 3 is 2.23 bits per heavy atom. The second kappa shape index (κ2) is 3.91. The number of aromatic nitrogens is 2. The van der Waals surface area contributed by atoms with Crippen LogP contribution in [0, 0.1) is 0 Å². The fraction of sp³-hybridized carbons (Fsp3) is 0.500. The van der Waals surface area contributed by atoms with E-state index < -0.39 is 0 Å². The summed E-state index contributed by atoms with van der Waals surface area (Å²) in [5, 5.41) is 0. The summed E-state index contributed by atoms with van der Waals surface area (Å²) in [5.74, 6) is 1.60. The predicted octanol–water partition coefficient (Wildman–Crippen LogP) is 1.37. The van der Waals surface area contributed by atoms with Crippen LogP contribution in [-0.2, 0) is 0 Å². The zero-order chi connectivity index (χ0) is 10.0. The molecule has 1 heterocycles. The van der Waals surface area contributed by atoms with Crippen LogP contribution in [0.5, 0.6) is 0 Å². The van der Waals surface area contributed by atoms with Gasteiger partial charge in [0.25, 0.3) is 0 Å². The number of hydrogen-bond donors (Lipinski definition) is 0. The quantitative estimate of drug-likeness (QED) is 0.787. The summed E-state index contributed by atoms with van der Waals surface area (Å²) in [4.78, 5) is 12.3. The lowest BCUT2D eigenvalue weighted by Gasteiger charge is -2.16. The van der Waals surface area contributed by atoms with Gasteiger partial charge in [0.15, 0.2) is 0 Å². The van der Waals surface area contributed by atoms with Gasteiger partial charge in [-0.1, -0.05) is 0 Å². The first-order valence-corrected chi connectivity index (χ1v) is 4.69. The molecule has 0 fully saturated rings. The molecule has 4 nitrogen and oxygen atoms in total. The molecule has 13 heavy (non-hydrogen) atoms. The average Bonchev–Trinajstić information content (AvgIpc) is 2.04. The topological polar surface area (TPSA) is 32.3 Å². The first kappa shape index (κ1) is 10.2. The van der Waals surface area contributed by atoms with E-state index in [0.717, 1.165) is 10.3 Å². The van der Waals surface area contributed by atoms with Gasteiger partial charge in [0.1, 0.15) is 5.82 Å². The molecule has 0 aliphatic rings. The van der Waals surface area contributed by atoms with E-state index in [1.807, 2.05) is 38.0 Å². The Morgan fingerprint density at radius 2 is 1.77 bits per heavy atom. The first-order chi connectivity index (χ1) is 6.02. The number of hydrogen-bond acceptors (Lipinski definition) is 4. The van der Waals surface area contributed by atoms with Crippen molar-refractivity contribution in [1.29, 1.82) is 0 Å². The van der Waals surface area contributed by atoms with Gasteiger partial charge in [-0.15, -0.1) is 0 Å². The number of rotatable bonds is 2. The van der Waals surface area contributed by atoms with Crippen molar-refractivity contribution in [3.8, 4) is 0 Å². The van der Waals surface area contributed by atoms with Crippen molar-refractivity contribution < 1.29 is 0 Å². The van der Waals surface area contributed by atoms with Gasteiger partial charge in [-0.05, 0) is 15.9 Å². The molecule has 0 aliphatic heterocycles. The Labute approximate surface area is 86.7 Å². The molecule has 0 saturated heterocycles. The van der Waals surface area contributed by atoms with Crippen LogP contribution in [0.2, 0.25) is 0 Å². The molecule has 0 spiro atoms. The minimum atomic E-state index is 0.715. The maximum atomic E-state index is 4.37. The van der Waals surface area contributed by atoms with Crippen LogP contribution >= 0.6 is 15.9 Å². The van der Waals surface area contributed by atoms with Crippen molar-refractivity contribution in [3.63, 3.8) is 0 Å². The largest absolute Gasteiger partial charge is 0.362 e. The zero-order valence-corrected chi connectivity index (χ0v) is 9.83. The number of halogens is 1. The minimum absolute atomic E-state index is 0.715. The molecule has 0 saturated carbocycles. The van der Waals surface area contributed by atoms with Gasteiger partial charge >= 0.3 is 0 Å². The van der Waals surface area contributed by atoms with Crippen LogP contribution in [0.3, 0.4) is 0 Å². The molecule has 1 aromatic heterocycles. The smallest absolute Gasteiger partial charge is 0.226 e. The number of nitrogens with zero attached hydrogens (tertiary/aromatic N) is 4. The van der Waals surface area contributed by atoms with Crippen LogP contribution in [0.4, 0.5) is 11.8 Å². The standard InChI is InChI=1S/C8H13BrN4/c1-12(2)7-6(9)5-10-8(11-7)13(3)4/h5H,1-4H3. The second-order valence-corrected chi connectivity index (χ2v) is 3.98. The van der Waals surface area contributed by atoms with Crippen LogP contribution in [-0.4, -0.2) is 38.2 Å². The van der Waals surface area contributed by atoms with E-state index >= 15 is 0 Å². The molecule has 0 unspecified atom stereocenters. The molecule has 1 aromatic rings. The molecule has 0 amide bonds. The molecular weight excluding hydrogens is 232 g/mol. The molecule has 0 radical (unpaired) electrons. The third kappa shape index (κ3) is 2.30. The van der Waals surface area contributed by atoms with E-state index in [9.17, 15) is 0 Å². The monoisotopic (exact) mass is 244 g/mol. The Balaban J connectivity index is 3.11. The summed E-state index contributed by atoms with van der Waals surface area (Å²) < 4.78 is 0.906. The van der Waals surface area contributed by atoms with E-state index in [-0.39, 0.29) is 0 Å². The molecule has 1 rings (SSSR count). The number of anilines is 2. The molecule has 0 aliphatic carbocycles. The second-order valence-electron chi connectivity index (χ2n) is 3.13. The highest BCUT2D eigenvalue weighted by molar-refractivity contribution is 9.10. The maximum absolute atomic E-state index is 4.37. The van der Waals surface area contributed by atoms with Gasteiger partial charge in [0.2, 0.25) is 5.95 Å². The first-order valence-electron chi connectivity index (χ1n) is 3.89. The van der Waals surface area contributed by atoms with Gasteiger partial charge in [0.05, 0.1) is 4.47 Å². The summed E-state index contributed by atoms with van der Waals surface area (Å²) in [5.41, 5.74) is 0. The van der Waals surface area contributed by atoms with Gasteiger partial charge in [0, 0.05) is 34.4 Å². The van der Waals surface area contributed by atoms with Crippen LogP contribution in [0.1, 0.15) is 0 Å². The van der Waals surface area contributed by atoms with Gasteiger partial charge in [-0.25, -0.2) is 4.98 Å². The minimum Gasteiger partial charge on any atom is -0.362 e. The van der Waals surface area contributed by atoms with Crippen molar-refractivity contribution in [2.24, 2.45) is 0 Å². The Bertz CT molecular complexity index is 298. The van der Waals surface area contributed by atoms with Crippen molar-refractivity contribution in [2.45, 2.75) is 0 Å². The van der Waals surface area contributed by atoms with Gasteiger partial charge in [-0.2, -0.15) is 4.98 Å². The molecule has 0 N–H and O–H groups in total. The fourth-order valence-electron chi connectivity index (χ4n) is 0.878. The van der Waals surface area contributed by atoms with Crippen LogP contribution in [0.15, 0.2) is 10.7 Å². The van der Waals surface area contributed by atoms with Crippen LogP contribution in [0.25, 0.3) is 0 Å². The molecule has 0 aromatic carbocycles. The highest BCUT2D eigenvalue weighted by Gasteiger charge is 2.07. The lowest BCUT2D eigenvalue weighted by atomic mass is 10.5. The van der Waals surface area contributed by atoms with E-state index in [2.05, 4.69) is 25.9 Å². The molecule has 5 heteroatoms. The lowest BCUT2D eigenvalue weighted by molar-refractivity contribution is 0.961. The van der Waals surface area contributed by atoms with Crippen molar-refractivity contribution in [1.82, 2.24) is 9.97 Å². The highest BCUT2D eigenvalue weighted by Crippen LogP contribution is 2.22. The Hall–Kier alpha value is -0.840. The maximum Gasteiger partial charge on any atom is 0.226 e. The predicted molar refractivity (Wildman–Crippen MR) is 58.4 cm³/mol. The summed E-state index contributed by atoms with van der Waals surface area (Å²) in [6.45, 7) is 0. The van der Waals surface area contributed by atoms with Crippen molar-refractivity contribution in [2.75, 3.05) is 38.0 Å². The lowest BCUT2D eigenvalue weighted by Crippen LogP contribution is -2.17. The van der Waals surface area contributed by atoms with Crippen molar-refractivity contribution in [3.05, 3.63) is 10.7 Å². The molecule has 72 valence electrons. The highest BCUT2D eigenvalue weighted by atomic mass is 79.9. The summed E-state index contributed by atoms with van der Waals surface area (Å²) in [7, 11) is 7.74. The normalized spacial score (nSPS) is 9.92. The molecule has 0 atom stereocenters. The van der Waals surface area contributed by atoms with E-state index in [1.54, 1.807) is 6.20 Å². The van der Waals surface area contributed by atoms with Crippen LogP contribution < -0.4 is 9.80 Å². The third-order valence-corrected chi connectivity index (χ3v) is 2.10. The molecular formula is C8H13BrN4. The van der Waals surface area contributed by atoms with E-state index in [0.29, 0.717) is 5.95 Å². The summed E-state index contributed by atoms with van der Waals surface area (Å²) >= 11 is 3.39. The summed E-state index contributed by atoms with van der Waals surface area (Å²) in [6, 6.07) is 0. The van der Waals surface area contributed by atoms with E-state index in [1.165, 1.54) is 0 Å². The SMILES string of the molecule is CN(C)c1ncc(Br)c(N(C)C)n1. The van der Waals surface area contributed by atoms with Gasteiger partial charge in [-0.3, -0.25) is 0 Å². The van der Waals surface area contributed by atoms with Crippen molar-refractivity contribution >= 4 is 27.7 Å². The Morgan fingerprint density at radius 1 is 1.15 bits per heavy atom. The third-order valence-electron chi connectivity index (χ3n) is 1.54. The average molecular weight is 245 g/mol.